The van der Waals surface area contributed by atoms with E-state index in [0.29, 0.717) is 58.5 Å². The number of pyridine rings is 3. The molecule has 7 aliphatic rings. The number of methoxy groups -OCH3 is 1. The molecule has 5 aliphatic heterocycles. The molecular formula is C90H101N31O9. The van der Waals surface area contributed by atoms with Crippen LogP contribution in [0.25, 0.3) is 45.0 Å². The summed E-state index contributed by atoms with van der Waals surface area (Å²) in [4.78, 5) is 126. The van der Waals surface area contributed by atoms with Gasteiger partial charge in [-0.2, -0.15) is 25.4 Å². The highest BCUT2D eigenvalue weighted by Gasteiger charge is 2.37. The van der Waals surface area contributed by atoms with Crippen molar-refractivity contribution in [2.45, 2.75) is 58.3 Å². The Morgan fingerprint density at radius 3 is 1.15 bits per heavy atom. The third kappa shape index (κ3) is 18.2. The molecule has 3 fully saturated rings. The fourth-order valence-electron chi connectivity index (χ4n) is 16.5. The van der Waals surface area contributed by atoms with Crippen LogP contribution >= 0.6 is 0 Å². The number of likely N-dealkylation sites (tertiary alicyclic amines) is 1. The van der Waals surface area contributed by atoms with Crippen molar-refractivity contribution in [1.82, 2.24) is 95.4 Å². The molecule has 12 aromatic rings. The van der Waals surface area contributed by atoms with Crippen molar-refractivity contribution < 1.29 is 43.1 Å². The molecule has 670 valence electrons. The number of fused-ring (bicyclic) bond motifs is 12. The lowest BCUT2D eigenvalue weighted by molar-refractivity contribution is -0.124. The number of carbonyl (C=O) groups excluding carboxylic acids is 8. The standard InChI is InChI=1S/C24H28N8O2.C24H27N7O2.C21H23N9O2.C21H23N7O3/c1-25-24(34)17-9-26-20(28-23(33)15-10-30(2)11-15)8-19(17)27-18-7-5-6-16-21-14(13-32(4)29-21)12-31(3)22(16)18;1-13-17-12-30(3)29-21(17)15-6-5-7-18(22(15)31(13)4)27-19-10-20(28-23(32)14-8-9-14)26-11-16(19)24(33)25-2;1-22-20(32)16-18(24-21(27-26-16)25-19(31)11-7-8-11)23-14-6-4-5-13-15-12(10-30(3)28-15)9-29(2)17(13)14;1-22-20(29)14-9-23-17(25-21(30)31-4)8-16(14)24-15-7-5-6-13-18-12(11-28(3)26-18)10-27(2)19(13)15/h5-9,13,15H,10-12H2,1-4H3,(H,25,34)(H2,26,27,28,33);5-7,10-14H,8-9H2,1-4H3,(H,25,33)(H2,26,27,28,32);4-6,10-11H,7-9H2,1-3H3,(H,22,32)(H2,23,24,25,27,31);5-9,11H,10H2,1-4H3,(H,22,29)(H2,23,24,25,30). The van der Waals surface area contributed by atoms with Gasteiger partial charge in [-0.25, -0.2) is 19.7 Å². The Morgan fingerprint density at radius 2 is 0.762 bits per heavy atom. The van der Waals surface area contributed by atoms with Crippen LogP contribution in [0.15, 0.2) is 134 Å². The van der Waals surface area contributed by atoms with Gasteiger partial charge < -0.3 is 82.4 Å². The normalized spacial score (nSPS) is 14.6. The molecule has 40 nitrogen and oxygen atoms in total. The summed E-state index contributed by atoms with van der Waals surface area (Å²) in [5, 5.41) is 61.4. The number of anilines is 16. The molecule has 8 amide bonds. The zero-order chi connectivity index (χ0) is 91.8. The Labute approximate surface area is 748 Å². The zero-order valence-corrected chi connectivity index (χ0v) is 74.5. The number of carbonyl (C=O) groups is 8. The van der Waals surface area contributed by atoms with E-state index in [-0.39, 0.29) is 82.5 Å². The van der Waals surface area contributed by atoms with Crippen LogP contribution in [-0.4, -0.2) is 205 Å². The smallest absolute Gasteiger partial charge is 0.412 e. The summed E-state index contributed by atoms with van der Waals surface area (Å²) in [6.45, 7) is 5.74. The highest BCUT2D eigenvalue weighted by atomic mass is 16.5. The van der Waals surface area contributed by atoms with Gasteiger partial charge in [0.1, 0.15) is 17.5 Å². The number of ether oxygens (including phenoxy) is 1. The van der Waals surface area contributed by atoms with Crippen molar-refractivity contribution in [1.29, 1.82) is 0 Å². The quantitative estimate of drug-likeness (QED) is 0.0358. The molecule has 2 aliphatic carbocycles. The van der Waals surface area contributed by atoms with Crippen molar-refractivity contribution in [2.24, 2.45) is 45.9 Å². The number of rotatable bonds is 19. The molecule has 13 heterocycles. The average Bonchev–Trinajstić information content (AvgIpc) is 1.56. The van der Waals surface area contributed by atoms with E-state index < -0.39 is 12.0 Å². The Bertz CT molecular complexity index is 6480. The van der Waals surface area contributed by atoms with E-state index in [9.17, 15) is 38.4 Å². The van der Waals surface area contributed by atoms with E-state index in [0.717, 1.165) is 153 Å². The number of hydrogen-bond acceptors (Lipinski definition) is 28. The average molecular weight is 1760 g/mol. The molecule has 19 rings (SSSR count). The minimum Gasteiger partial charge on any atom is -0.453 e. The van der Waals surface area contributed by atoms with Gasteiger partial charge in [0.15, 0.2) is 11.5 Å². The number of benzene rings is 4. The van der Waals surface area contributed by atoms with Crippen LogP contribution < -0.4 is 83.4 Å². The van der Waals surface area contributed by atoms with Crippen LogP contribution in [0.3, 0.4) is 0 Å². The van der Waals surface area contributed by atoms with Gasteiger partial charge in [-0.1, -0.05) is 48.5 Å². The Kier molecular flexibility index (Phi) is 24.6. The predicted molar refractivity (Wildman–Crippen MR) is 495 cm³/mol. The van der Waals surface area contributed by atoms with Crippen LogP contribution in [0.4, 0.5) is 96.6 Å². The first-order valence-corrected chi connectivity index (χ1v) is 42.2. The van der Waals surface area contributed by atoms with Gasteiger partial charge in [-0.3, -0.25) is 62.9 Å². The number of amides is 8. The molecule has 2 saturated carbocycles. The molecule has 1 unspecified atom stereocenters. The summed E-state index contributed by atoms with van der Waals surface area (Å²) < 4.78 is 11.9. The fourth-order valence-corrected chi connectivity index (χ4v) is 16.5. The minimum atomic E-state index is -0.648. The summed E-state index contributed by atoms with van der Waals surface area (Å²) in [5.74, 6) is -0.146. The molecule has 0 radical (unpaired) electrons. The fraction of sp³-hybridized carbons (Fsp3) is 0.311. The molecule has 4 aromatic carbocycles. The number of para-hydroxylation sites is 4. The molecule has 130 heavy (non-hydrogen) atoms. The minimum absolute atomic E-state index is 0.00372. The largest absolute Gasteiger partial charge is 0.453 e. The molecular weight excluding hydrogens is 1660 g/mol. The first-order chi connectivity index (χ1) is 62.5. The third-order valence-corrected chi connectivity index (χ3v) is 23.3. The highest BCUT2D eigenvalue weighted by Crippen LogP contribution is 2.50. The van der Waals surface area contributed by atoms with Gasteiger partial charge in [0.05, 0.1) is 121 Å². The molecule has 12 N–H and O–H groups in total. The van der Waals surface area contributed by atoms with E-state index >= 15 is 0 Å². The van der Waals surface area contributed by atoms with E-state index in [1.807, 2.05) is 150 Å². The van der Waals surface area contributed by atoms with Crippen molar-refractivity contribution in [2.75, 3.05) is 146 Å². The monoisotopic (exact) mass is 1760 g/mol. The van der Waals surface area contributed by atoms with Crippen LogP contribution in [0, 0.1) is 17.8 Å². The van der Waals surface area contributed by atoms with Gasteiger partial charge in [0.25, 0.3) is 29.6 Å². The van der Waals surface area contributed by atoms with Crippen LogP contribution in [0.1, 0.15) is 102 Å². The lowest BCUT2D eigenvalue weighted by atomic mass is 9.94. The third-order valence-electron chi connectivity index (χ3n) is 23.3. The van der Waals surface area contributed by atoms with Gasteiger partial charge in [0.2, 0.25) is 17.7 Å². The van der Waals surface area contributed by atoms with E-state index in [2.05, 4.69) is 171 Å². The van der Waals surface area contributed by atoms with Crippen molar-refractivity contribution in [3.63, 3.8) is 0 Å². The second-order valence-electron chi connectivity index (χ2n) is 32.8. The molecule has 40 heteroatoms. The summed E-state index contributed by atoms with van der Waals surface area (Å²) in [6.07, 6.45) is 15.4. The topological polar surface area (TPSA) is 455 Å². The number of aryl methyl sites for hydroxylation is 4. The summed E-state index contributed by atoms with van der Waals surface area (Å²) in [6, 6.07) is 28.9. The second-order valence-corrected chi connectivity index (χ2v) is 32.8. The van der Waals surface area contributed by atoms with Gasteiger partial charge in [0, 0.05) is 235 Å². The maximum Gasteiger partial charge on any atom is 0.412 e. The molecule has 8 aromatic heterocycles. The van der Waals surface area contributed by atoms with Crippen molar-refractivity contribution in [3.05, 3.63) is 179 Å². The van der Waals surface area contributed by atoms with Crippen LogP contribution in [-0.2, 0) is 66.9 Å². The SMILES string of the molecule is CNC(=O)c1cnc(NC(=O)C2CC2)cc1Nc1cccc2c1N(C)C(C)c1cn(C)nc1-2.CNC(=O)c1cnc(NC(=O)C2CN(C)C2)cc1Nc1cccc2c1N(C)Cc1cn(C)nc1-2.CNC(=O)c1cnc(NC(=O)OC)cc1Nc1cccc2c1N(C)Cc1cn(C)nc1-2.CNC(=O)c1nnc(NC(=O)C2CC2)nc1Nc1cccc2c1N(C)Cc1cn(C)nc1-2. The number of hydrogen-bond donors (Lipinski definition) is 12. The number of nitrogens with one attached hydrogen (secondary N) is 12. The first-order valence-electron chi connectivity index (χ1n) is 42.2. The molecule has 0 spiro atoms. The highest BCUT2D eigenvalue weighted by molar-refractivity contribution is 6.07. The summed E-state index contributed by atoms with van der Waals surface area (Å²) in [5.41, 5.74) is 22.3. The van der Waals surface area contributed by atoms with E-state index in [4.69, 9.17) is 5.10 Å². The lowest BCUT2D eigenvalue weighted by Gasteiger charge is -2.35. The van der Waals surface area contributed by atoms with Gasteiger partial charge >= 0.3 is 6.09 Å². The predicted octanol–water partition coefficient (Wildman–Crippen LogP) is 9.87. The first kappa shape index (κ1) is 87.6. The van der Waals surface area contributed by atoms with Crippen molar-refractivity contribution >= 4 is 139 Å². The van der Waals surface area contributed by atoms with Crippen molar-refractivity contribution in [3.8, 4) is 45.0 Å². The summed E-state index contributed by atoms with van der Waals surface area (Å²) in [7, 11) is 25.2. The van der Waals surface area contributed by atoms with Crippen LogP contribution in [0.2, 0.25) is 0 Å². The number of nitrogens with zero attached hydrogens (tertiary/aromatic N) is 19. The van der Waals surface area contributed by atoms with E-state index in [1.54, 1.807) is 44.0 Å². The van der Waals surface area contributed by atoms with Crippen LogP contribution in [0.5, 0.6) is 0 Å². The maximum absolute atomic E-state index is 12.6. The van der Waals surface area contributed by atoms with Gasteiger partial charge in [-0.05, 0) is 63.9 Å². The molecule has 0 bridgehead atoms. The van der Waals surface area contributed by atoms with E-state index in [1.165, 1.54) is 38.3 Å². The number of aromatic nitrogens is 14. The van der Waals surface area contributed by atoms with Gasteiger partial charge in [-0.15, -0.1) is 10.2 Å². The Balaban J connectivity index is 0.000000127. The molecule has 1 saturated heterocycles. The Hall–Kier alpha value is -15.9. The maximum atomic E-state index is 12.6. The Morgan fingerprint density at radius 1 is 0.400 bits per heavy atom. The zero-order valence-electron chi connectivity index (χ0n) is 74.5. The lowest BCUT2D eigenvalue weighted by Crippen LogP contribution is -2.49. The second kappa shape index (κ2) is 36.6. The molecule has 1 atom stereocenters. The summed E-state index contributed by atoms with van der Waals surface area (Å²) >= 11 is 0.